The van der Waals surface area contributed by atoms with Crippen LogP contribution in [0.2, 0.25) is 0 Å². The summed E-state index contributed by atoms with van der Waals surface area (Å²) in [7, 11) is 0. The molecule has 2 atom stereocenters. The minimum atomic E-state index is -0.837. The van der Waals surface area contributed by atoms with Gasteiger partial charge in [-0.05, 0) is 26.3 Å². The lowest BCUT2D eigenvalue weighted by molar-refractivity contribution is 0.0158. The molecule has 1 aromatic rings. The van der Waals surface area contributed by atoms with Gasteiger partial charge in [0.1, 0.15) is 6.10 Å². The molecule has 0 aromatic heterocycles. The molecule has 0 amide bonds. The van der Waals surface area contributed by atoms with Gasteiger partial charge in [0.2, 0.25) is 0 Å². The Bertz CT molecular complexity index is 305. The second-order valence-corrected chi connectivity index (χ2v) is 5.05. The van der Waals surface area contributed by atoms with E-state index in [2.05, 4.69) is 5.32 Å². The van der Waals surface area contributed by atoms with Crippen molar-refractivity contribution in [3.05, 3.63) is 35.9 Å². The fraction of sp³-hybridized carbons (Fsp3) is 0.538. The first-order chi connectivity index (χ1) is 7.40. The Morgan fingerprint density at radius 2 is 1.69 bits per heavy atom. The molecule has 0 bridgehead atoms. The van der Waals surface area contributed by atoms with E-state index in [-0.39, 0.29) is 5.54 Å². The van der Waals surface area contributed by atoms with Crippen LogP contribution >= 0.6 is 0 Å². The summed E-state index contributed by atoms with van der Waals surface area (Å²) in [6, 6.07) is 9.21. The number of hydrogen-bond donors (Lipinski definition) is 3. The van der Waals surface area contributed by atoms with Gasteiger partial charge in [-0.2, -0.15) is 0 Å². The van der Waals surface area contributed by atoms with Crippen molar-refractivity contribution < 1.29 is 10.2 Å². The van der Waals surface area contributed by atoms with Gasteiger partial charge in [-0.3, -0.25) is 0 Å². The van der Waals surface area contributed by atoms with Crippen LogP contribution in [-0.4, -0.2) is 28.4 Å². The molecule has 0 aliphatic carbocycles. The third-order valence-electron chi connectivity index (χ3n) is 2.35. The van der Waals surface area contributed by atoms with Crippen molar-refractivity contribution in [2.45, 2.75) is 38.5 Å². The van der Waals surface area contributed by atoms with Gasteiger partial charge in [-0.1, -0.05) is 30.3 Å². The lowest BCUT2D eigenvalue weighted by Crippen LogP contribution is -2.42. The summed E-state index contributed by atoms with van der Waals surface area (Å²) in [6.45, 7) is 6.44. The first-order valence-corrected chi connectivity index (χ1v) is 5.56. The molecule has 3 N–H and O–H groups in total. The van der Waals surface area contributed by atoms with Crippen molar-refractivity contribution in [1.82, 2.24) is 5.32 Å². The van der Waals surface area contributed by atoms with Crippen LogP contribution in [0.4, 0.5) is 0 Å². The standard InChI is InChI=1S/C13H21NO2/c1-13(2,3)14-9-11(15)12(16)10-7-5-4-6-8-10/h4-8,11-12,14-16H,9H2,1-3H3/t11-,12-/m1/s1. The fourth-order valence-electron chi connectivity index (χ4n) is 1.39. The number of hydrogen-bond acceptors (Lipinski definition) is 3. The van der Waals surface area contributed by atoms with E-state index in [1.54, 1.807) is 0 Å². The second-order valence-electron chi connectivity index (χ2n) is 5.05. The van der Waals surface area contributed by atoms with E-state index in [1.165, 1.54) is 0 Å². The van der Waals surface area contributed by atoms with Crippen LogP contribution in [0.25, 0.3) is 0 Å². The van der Waals surface area contributed by atoms with Crippen molar-refractivity contribution in [2.75, 3.05) is 6.54 Å². The maximum absolute atomic E-state index is 9.90. The summed E-state index contributed by atoms with van der Waals surface area (Å²) in [5, 5.41) is 22.9. The molecule has 0 spiro atoms. The van der Waals surface area contributed by atoms with E-state index in [9.17, 15) is 10.2 Å². The highest BCUT2D eigenvalue weighted by Gasteiger charge is 2.20. The third kappa shape index (κ3) is 4.31. The average molecular weight is 223 g/mol. The van der Waals surface area contributed by atoms with E-state index in [0.717, 1.165) is 5.56 Å². The number of nitrogens with one attached hydrogen (secondary N) is 1. The maximum Gasteiger partial charge on any atom is 0.106 e. The second kappa shape index (κ2) is 5.43. The molecule has 3 nitrogen and oxygen atoms in total. The minimum absolute atomic E-state index is 0.0581. The molecule has 1 rings (SSSR count). The lowest BCUT2D eigenvalue weighted by atomic mass is 10.0. The number of rotatable bonds is 4. The number of aliphatic hydroxyl groups is 2. The maximum atomic E-state index is 9.90. The van der Waals surface area contributed by atoms with Crippen LogP contribution in [0.3, 0.4) is 0 Å². The zero-order valence-electron chi connectivity index (χ0n) is 10.1. The summed E-state index contributed by atoms with van der Waals surface area (Å²) < 4.78 is 0. The third-order valence-corrected chi connectivity index (χ3v) is 2.35. The molecule has 0 aliphatic rings. The van der Waals surface area contributed by atoms with E-state index < -0.39 is 12.2 Å². The number of benzene rings is 1. The van der Waals surface area contributed by atoms with Crippen LogP contribution in [0.15, 0.2) is 30.3 Å². The molecular formula is C13H21NO2. The van der Waals surface area contributed by atoms with Gasteiger partial charge in [0, 0.05) is 12.1 Å². The largest absolute Gasteiger partial charge is 0.389 e. The van der Waals surface area contributed by atoms with Crippen molar-refractivity contribution in [2.24, 2.45) is 0 Å². The molecule has 90 valence electrons. The average Bonchev–Trinajstić information content (AvgIpc) is 2.25. The van der Waals surface area contributed by atoms with E-state index >= 15 is 0 Å². The van der Waals surface area contributed by atoms with Gasteiger partial charge in [0.05, 0.1) is 6.10 Å². The monoisotopic (exact) mass is 223 g/mol. The quantitative estimate of drug-likeness (QED) is 0.724. The zero-order chi connectivity index (χ0) is 12.2. The highest BCUT2D eigenvalue weighted by molar-refractivity contribution is 5.18. The molecule has 0 fully saturated rings. The Balaban J connectivity index is 2.52. The van der Waals surface area contributed by atoms with Crippen LogP contribution in [0.5, 0.6) is 0 Å². The predicted octanol–water partition coefficient (Wildman–Crippen LogP) is 1.47. The smallest absolute Gasteiger partial charge is 0.106 e. The molecule has 0 saturated heterocycles. The van der Waals surface area contributed by atoms with Gasteiger partial charge < -0.3 is 15.5 Å². The molecule has 0 radical (unpaired) electrons. The summed E-state index contributed by atoms with van der Waals surface area (Å²) in [5.41, 5.74) is 0.683. The first kappa shape index (κ1) is 13.2. The van der Waals surface area contributed by atoms with E-state index in [0.29, 0.717) is 6.54 Å². The highest BCUT2D eigenvalue weighted by Crippen LogP contribution is 2.16. The van der Waals surface area contributed by atoms with Crippen molar-refractivity contribution >= 4 is 0 Å². The normalized spacial score (nSPS) is 15.8. The van der Waals surface area contributed by atoms with Gasteiger partial charge in [0.25, 0.3) is 0 Å². The molecule has 0 heterocycles. The Hall–Kier alpha value is -0.900. The van der Waals surface area contributed by atoms with Crippen LogP contribution in [0, 0.1) is 0 Å². The predicted molar refractivity (Wildman–Crippen MR) is 65.2 cm³/mol. The summed E-state index contributed by atoms with van der Waals surface area (Å²) in [6.07, 6.45) is -1.63. The molecule has 3 heteroatoms. The van der Waals surface area contributed by atoms with Crippen molar-refractivity contribution in [3.63, 3.8) is 0 Å². The molecule has 16 heavy (non-hydrogen) atoms. The topological polar surface area (TPSA) is 52.5 Å². The van der Waals surface area contributed by atoms with Gasteiger partial charge in [-0.25, -0.2) is 0 Å². The Morgan fingerprint density at radius 3 is 2.19 bits per heavy atom. The minimum Gasteiger partial charge on any atom is -0.389 e. The molecule has 1 aromatic carbocycles. The summed E-state index contributed by atoms with van der Waals surface area (Å²) in [5.74, 6) is 0. The Labute approximate surface area is 97.1 Å². The molecular weight excluding hydrogens is 202 g/mol. The number of β-amino-alcohol motifs (C(OH)–C–C–N with tert-alkyl or cyclic N) is 1. The molecule has 0 unspecified atom stereocenters. The lowest BCUT2D eigenvalue weighted by Gasteiger charge is -2.25. The first-order valence-electron chi connectivity index (χ1n) is 5.56. The van der Waals surface area contributed by atoms with Crippen LogP contribution < -0.4 is 5.32 Å². The van der Waals surface area contributed by atoms with E-state index in [4.69, 9.17) is 0 Å². The molecule has 0 aliphatic heterocycles. The fourth-order valence-corrected chi connectivity index (χ4v) is 1.39. The Kier molecular flexibility index (Phi) is 4.47. The van der Waals surface area contributed by atoms with Crippen LogP contribution in [-0.2, 0) is 0 Å². The van der Waals surface area contributed by atoms with Crippen molar-refractivity contribution in [3.8, 4) is 0 Å². The van der Waals surface area contributed by atoms with Gasteiger partial charge >= 0.3 is 0 Å². The SMILES string of the molecule is CC(C)(C)NC[C@@H](O)[C@H](O)c1ccccc1. The summed E-state index contributed by atoms with van der Waals surface area (Å²) in [4.78, 5) is 0. The van der Waals surface area contributed by atoms with E-state index in [1.807, 2.05) is 51.1 Å². The van der Waals surface area contributed by atoms with Gasteiger partial charge in [-0.15, -0.1) is 0 Å². The highest BCUT2D eigenvalue weighted by atomic mass is 16.3. The Morgan fingerprint density at radius 1 is 1.12 bits per heavy atom. The number of aliphatic hydroxyl groups excluding tert-OH is 2. The summed E-state index contributed by atoms with van der Waals surface area (Å²) >= 11 is 0. The van der Waals surface area contributed by atoms with Gasteiger partial charge in [0.15, 0.2) is 0 Å². The van der Waals surface area contributed by atoms with Crippen LogP contribution in [0.1, 0.15) is 32.4 Å². The van der Waals surface area contributed by atoms with Crippen molar-refractivity contribution in [1.29, 1.82) is 0 Å². The molecule has 0 saturated carbocycles. The zero-order valence-corrected chi connectivity index (χ0v) is 10.1.